The number of hydrogen-bond acceptors (Lipinski definition) is 2. The Labute approximate surface area is 160 Å². The van der Waals surface area contributed by atoms with E-state index in [0.717, 1.165) is 6.07 Å². The lowest BCUT2D eigenvalue weighted by molar-refractivity contribution is 0.0724. The average Bonchev–Trinajstić information content (AvgIpc) is 2.70. The van der Waals surface area contributed by atoms with E-state index in [9.17, 15) is 18.0 Å². The number of carbonyl (C=O) groups is 1. The normalized spacial score (nSPS) is 10.4. The van der Waals surface area contributed by atoms with Gasteiger partial charge < -0.3 is 4.90 Å². The first-order chi connectivity index (χ1) is 13.5. The Morgan fingerprint density at radius 3 is 2.25 bits per heavy atom. The predicted molar refractivity (Wildman–Crippen MR) is 97.5 cm³/mol. The molecule has 0 aromatic heterocycles. The van der Waals surface area contributed by atoms with Gasteiger partial charge in [0.1, 0.15) is 5.82 Å². The summed E-state index contributed by atoms with van der Waals surface area (Å²) in [6.07, 6.45) is 0. The molecule has 140 valence electrons. The molecule has 0 N–H and O–H groups in total. The second-order valence-electron chi connectivity index (χ2n) is 6.20. The first-order valence-corrected chi connectivity index (χ1v) is 8.44. The van der Waals surface area contributed by atoms with Crippen molar-refractivity contribution >= 4 is 5.91 Å². The standard InChI is InChI=1S/C22H15F3N2O/c23-18-4-1-3-17(11-18)14-27(13-16-9-7-15(12-26)8-10-16)22(28)19-5-2-6-20(24)21(19)25/h1-11H,13-14H2. The van der Waals surface area contributed by atoms with Crippen LogP contribution >= 0.6 is 0 Å². The van der Waals surface area contributed by atoms with Crippen molar-refractivity contribution in [2.24, 2.45) is 0 Å². The molecule has 0 aliphatic rings. The van der Waals surface area contributed by atoms with Crippen molar-refractivity contribution in [2.75, 3.05) is 0 Å². The van der Waals surface area contributed by atoms with Crippen molar-refractivity contribution in [3.05, 3.63) is 106 Å². The summed E-state index contributed by atoms with van der Waals surface area (Å²) < 4.78 is 41.2. The molecule has 3 aromatic rings. The van der Waals surface area contributed by atoms with Gasteiger partial charge >= 0.3 is 0 Å². The molecule has 1 amide bonds. The highest BCUT2D eigenvalue weighted by Gasteiger charge is 2.22. The van der Waals surface area contributed by atoms with Gasteiger partial charge in [-0.15, -0.1) is 0 Å². The smallest absolute Gasteiger partial charge is 0.257 e. The number of nitrogens with zero attached hydrogens (tertiary/aromatic N) is 2. The number of rotatable bonds is 5. The number of carbonyl (C=O) groups excluding carboxylic acids is 1. The summed E-state index contributed by atoms with van der Waals surface area (Å²) in [5.74, 6) is -3.52. The van der Waals surface area contributed by atoms with Gasteiger partial charge in [-0.2, -0.15) is 5.26 Å². The summed E-state index contributed by atoms with van der Waals surface area (Å²) in [6, 6.07) is 17.7. The minimum Gasteiger partial charge on any atom is -0.330 e. The van der Waals surface area contributed by atoms with Crippen molar-refractivity contribution in [2.45, 2.75) is 13.1 Å². The van der Waals surface area contributed by atoms with E-state index in [4.69, 9.17) is 5.26 Å². The van der Waals surface area contributed by atoms with E-state index in [1.54, 1.807) is 30.3 Å². The van der Waals surface area contributed by atoms with Crippen LogP contribution in [0.3, 0.4) is 0 Å². The van der Waals surface area contributed by atoms with Crippen molar-refractivity contribution in [1.82, 2.24) is 4.90 Å². The minimum absolute atomic E-state index is 0.00650. The maximum absolute atomic E-state index is 14.1. The molecule has 0 aliphatic carbocycles. The van der Waals surface area contributed by atoms with Crippen LogP contribution in [0.15, 0.2) is 66.7 Å². The van der Waals surface area contributed by atoms with Crippen LogP contribution in [0.1, 0.15) is 27.0 Å². The molecule has 6 heteroatoms. The second-order valence-corrected chi connectivity index (χ2v) is 6.20. The maximum Gasteiger partial charge on any atom is 0.257 e. The SMILES string of the molecule is N#Cc1ccc(CN(Cc2cccc(F)c2)C(=O)c2cccc(F)c2F)cc1. The predicted octanol–water partition coefficient (Wildman–Crippen LogP) is 4.82. The summed E-state index contributed by atoms with van der Waals surface area (Å²) >= 11 is 0. The Kier molecular flexibility index (Phi) is 5.75. The van der Waals surface area contributed by atoms with Gasteiger partial charge in [0, 0.05) is 13.1 Å². The molecule has 0 heterocycles. The van der Waals surface area contributed by atoms with Crippen molar-refractivity contribution in [3.8, 4) is 6.07 Å². The van der Waals surface area contributed by atoms with Crippen LogP contribution < -0.4 is 0 Å². The van der Waals surface area contributed by atoms with E-state index in [-0.39, 0.29) is 13.1 Å². The zero-order valence-electron chi connectivity index (χ0n) is 14.7. The Bertz CT molecular complexity index is 1040. The summed E-state index contributed by atoms with van der Waals surface area (Å²) in [4.78, 5) is 14.2. The summed E-state index contributed by atoms with van der Waals surface area (Å²) in [5.41, 5.74) is 1.27. The van der Waals surface area contributed by atoms with Crippen molar-refractivity contribution < 1.29 is 18.0 Å². The van der Waals surface area contributed by atoms with Crippen molar-refractivity contribution in [1.29, 1.82) is 5.26 Å². The van der Waals surface area contributed by atoms with E-state index < -0.39 is 28.9 Å². The Morgan fingerprint density at radius 2 is 1.57 bits per heavy atom. The molecule has 0 saturated carbocycles. The molecule has 3 aromatic carbocycles. The molecule has 0 bridgehead atoms. The fourth-order valence-corrected chi connectivity index (χ4v) is 2.80. The van der Waals surface area contributed by atoms with Gasteiger partial charge in [0.15, 0.2) is 11.6 Å². The van der Waals surface area contributed by atoms with E-state index in [1.165, 1.54) is 35.2 Å². The molecule has 28 heavy (non-hydrogen) atoms. The first kappa shape index (κ1) is 19.2. The van der Waals surface area contributed by atoms with Gasteiger partial charge in [0.05, 0.1) is 17.2 Å². The molecule has 0 saturated heterocycles. The van der Waals surface area contributed by atoms with Gasteiger partial charge in [-0.3, -0.25) is 4.79 Å². The molecule has 0 atom stereocenters. The minimum atomic E-state index is -1.23. The zero-order valence-corrected chi connectivity index (χ0v) is 14.7. The van der Waals surface area contributed by atoms with Crippen LogP contribution in [-0.2, 0) is 13.1 Å². The lowest BCUT2D eigenvalue weighted by Crippen LogP contribution is -2.31. The monoisotopic (exact) mass is 380 g/mol. The molecular formula is C22H15F3N2O. The summed E-state index contributed by atoms with van der Waals surface area (Å²) in [6.45, 7) is 0.0869. The highest BCUT2D eigenvalue weighted by atomic mass is 19.2. The molecule has 0 fully saturated rings. The van der Waals surface area contributed by atoms with Crippen molar-refractivity contribution in [3.63, 3.8) is 0 Å². The third-order valence-electron chi connectivity index (χ3n) is 4.19. The van der Waals surface area contributed by atoms with Gasteiger partial charge in [0.25, 0.3) is 5.91 Å². The Balaban J connectivity index is 1.94. The largest absolute Gasteiger partial charge is 0.330 e. The summed E-state index contributed by atoms with van der Waals surface area (Å²) in [7, 11) is 0. The fraction of sp³-hybridized carbons (Fsp3) is 0.0909. The first-order valence-electron chi connectivity index (χ1n) is 8.44. The third-order valence-corrected chi connectivity index (χ3v) is 4.19. The van der Waals surface area contributed by atoms with Gasteiger partial charge in [-0.25, -0.2) is 13.2 Å². The quantitative estimate of drug-likeness (QED) is 0.637. The van der Waals surface area contributed by atoms with Gasteiger partial charge in [-0.05, 0) is 47.5 Å². The molecule has 0 aliphatic heterocycles. The van der Waals surface area contributed by atoms with Crippen LogP contribution in [0.2, 0.25) is 0 Å². The fourth-order valence-electron chi connectivity index (χ4n) is 2.80. The van der Waals surface area contributed by atoms with E-state index >= 15 is 0 Å². The molecule has 0 radical (unpaired) electrons. The summed E-state index contributed by atoms with van der Waals surface area (Å²) in [5, 5.41) is 8.90. The highest BCUT2D eigenvalue weighted by molar-refractivity contribution is 5.94. The highest BCUT2D eigenvalue weighted by Crippen LogP contribution is 2.19. The molecule has 0 unspecified atom stereocenters. The second kappa shape index (κ2) is 8.40. The third kappa shape index (κ3) is 4.38. The van der Waals surface area contributed by atoms with E-state index in [1.807, 2.05) is 6.07 Å². The number of amides is 1. The van der Waals surface area contributed by atoms with E-state index in [2.05, 4.69) is 0 Å². The van der Waals surface area contributed by atoms with Gasteiger partial charge in [0.2, 0.25) is 0 Å². The molecule has 3 nitrogen and oxygen atoms in total. The maximum atomic E-state index is 14.1. The van der Waals surface area contributed by atoms with Crippen LogP contribution in [0, 0.1) is 28.8 Å². The number of nitriles is 1. The lowest BCUT2D eigenvalue weighted by atomic mass is 10.1. The Hall–Kier alpha value is -3.59. The topological polar surface area (TPSA) is 44.1 Å². The zero-order chi connectivity index (χ0) is 20.1. The van der Waals surface area contributed by atoms with Crippen LogP contribution in [0.25, 0.3) is 0 Å². The molecule has 0 spiro atoms. The van der Waals surface area contributed by atoms with Crippen LogP contribution in [0.5, 0.6) is 0 Å². The Morgan fingerprint density at radius 1 is 0.893 bits per heavy atom. The molecular weight excluding hydrogens is 365 g/mol. The lowest BCUT2D eigenvalue weighted by Gasteiger charge is -2.23. The van der Waals surface area contributed by atoms with E-state index in [0.29, 0.717) is 16.7 Å². The number of benzene rings is 3. The van der Waals surface area contributed by atoms with Crippen LogP contribution in [-0.4, -0.2) is 10.8 Å². The molecule has 3 rings (SSSR count). The average molecular weight is 380 g/mol. The van der Waals surface area contributed by atoms with Gasteiger partial charge in [-0.1, -0.05) is 30.3 Å². The number of hydrogen-bond donors (Lipinski definition) is 0. The number of halogens is 3. The van der Waals surface area contributed by atoms with Crippen LogP contribution in [0.4, 0.5) is 13.2 Å².